The number of sulfonamides is 1. The summed E-state index contributed by atoms with van der Waals surface area (Å²) in [7, 11) is -3.56. The first-order chi connectivity index (χ1) is 10.9. The molecule has 0 aromatic heterocycles. The summed E-state index contributed by atoms with van der Waals surface area (Å²) in [4.78, 5) is 0.257. The molecule has 1 unspecified atom stereocenters. The van der Waals surface area contributed by atoms with E-state index in [2.05, 4.69) is 4.72 Å². The van der Waals surface area contributed by atoms with E-state index in [1.807, 2.05) is 24.3 Å². The number of aryl methyl sites for hydroxylation is 1. The van der Waals surface area contributed by atoms with E-state index in [0.717, 1.165) is 24.0 Å². The molecular formula is C17H19Cl2NO2S. The van der Waals surface area contributed by atoms with Gasteiger partial charge < -0.3 is 0 Å². The van der Waals surface area contributed by atoms with Crippen LogP contribution in [0.25, 0.3) is 0 Å². The van der Waals surface area contributed by atoms with Crippen molar-refractivity contribution in [3.8, 4) is 0 Å². The van der Waals surface area contributed by atoms with Crippen LogP contribution in [0.3, 0.4) is 0 Å². The lowest BCUT2D eigenvalue weighted by molar-refractivity contribution is 0.567. The van der Waals surface area contributed by atoms with Gasteiger partial charge in [-0.25, -0.2) is 13.1 Å². The van der Waals surface area contributed by atoms with Crippen molar-refractivity contribution in [3.05, 3.63) is 64.7 Å². The van der Waals surface area contributed by atoms with Crippen molar-refractivity contribution >= 4 is 33.2 Å². The first-order valence-corrected chi connectivity index (χ1v) is 9.74. The van der Waals surface area contributed by atoms with Gasteiger partial charge in [0, 0.05) is 16.9 Å². The van der Waals surface area contributed by atoms with Crippen LogP contribution in [0.2, 0.25) is 5.02 Å². The van der Waals surface area contributed by atoms with Gasteiger partial charge in [-0.3, -0.25) is 0 Å². The Hall–Kier alpha value is -1.07. The van der Waals surface area contributed by atoms with Crippen LogP contribution in [0.1, 0.15) is 30.5 Å². The van der Waals surface area contributed by atoms with E-state index >= 15 is 0 Å². The lowest BCUT2D eigenvalue weighted by Gasteiger charge is -2.15. The van der Waals surface area contributed by atoms with Crippen molar-refractivity contribution in [2.45, 2.75) is 30.7 Å². The molecule has 0 saturated heterocycles. The number of benzene rings is 2. The molecule has 1 N–H and O–H groups in total. The second kappa shape index (κ2) is 8.15. The Morgan fingerprint density at radius 1 is 1.04 bits per heavy atom. The Morgan fingerprint density at radius 2 is 1.65 bits per heavy atom. The zero-order valence-corrected chi connectivity index (χ0v) is 15.1. The zero-order valence-electron chi connectivity index (χ0n) is 12.8. The Balaban J connectivity index is 2.10. The van der Waals surface area contributed by atoms with Crippen LogP contribution < -0.4 is 4.72 Å². The highest BCUT2D eigenvalue weighted by Gasteiger charge is 2.18. The van der Waals surface area contributed by atoms with Crippen molar-refractivity contribution in [3.63, 3.8) is 0 Å². The standard InChI is InChI=1S/C17H19Cl2NO2S/c1-13(15-6-8-16(19)9-7-15)20-23(21,22)17-10-4-14(5-11-17)3-2-12-18/h4-11,13,20H,2-3,12H2,1H3. The molecule has 0 spiro atoms. The summed E-state index contributed by atoms with van der Waals surface area (Å²) in [6, 6.07) is 13.7. The third kappa shape index (κ3) is 5.21. The van der Waals surface area contributed by atoms with E-state index in [0.29, 0.717) is 10.9 Å². The third-order valence-corrected chi connectivity index (χ3v) is 5.61. The van der Waals surface area contributed by atoms with Crippen LogP contribution in [0.4, 0.5) is 0 Å². The SMILES string of the molecule is CC(NS(=O)(=O)c1ccc(CCCCl)cc1)c1ccc(Cl)cc1. The summed E-state index contributed by atoms with van der Waals surface area (Å²) in [6.07, 6.45) is 1.72. The van der Waals surface area contributed by atoms with E-state index in [1.165, 1.54) is 0 Å². The quantitative estimate of drug-likeness (QED) is 0.725. The van der Waals surface area contributed by atoms with Gasteiger partial charge in [-0.15, -0.1) is 11.6 Å². The van der Waals surface area contributed by atoms with Crippen molar-refractivity contribution in [1.29, 1.82) is 0 Å². The summed E-state index contributed by atoms with van der Waals surface area (Å²) >= 11 is 11.5. The van der Waals surface area contributed by atoms with Gasteiger partial charge in [-0.1, -0.05) is 35.9 Å². The van der Waals surface area contributed by atoms with Crippen molar-refractivity contribution < 1.29 is 8.42 Å². The van der Waals surface area contributed by atoms with Crippen LogP contribution >= 0.6 is 23.2 Å². The maximum Gasteiger partial charge on any atom is 0.241 e. The molecule has 0 bridgehead atoms. The van der Waals surface area contributed by atoms with E-state index in [4.69, 9.17) is 23.2 Å². The van der Waals surface area contributed by atoms with E-state index in [9.17, 15) is 8.42 Å². The molecule has 2 aromatic rings. The van der Waals surface area contributed by atoms with E-state index < -0.39 is 10.0 Å². The minimum atomic E-state index is -3.56. The second-order valence-corrected chi connectivity index (χ2v) is 7.86. The van der Waals surface area contributed by atoms with Crippen LogP contribution in [-0.2, 0) is 16.4 Å². The van der Waals surface area contributed by atoms with Gasteiger partial charge in [0.25, 0.3) is 0 Å². The predicted octanol–water partition coefficient (Wildman–Crippen LogP) is 4.55. The Labute approximate surface area is 147 Å². The highest BCUT2D eigenvalue weighted by molar-refractivity contribution is 7.89. The average Bonchev–Trinajstić information content (AvgIpc) is 2.53. The molecule has 0 amide bonds. The fraction of sp³-hybridized carbons (Fsp3) is 0.294. The Morgan fingerprint density at radius 3 is 2.22 bits per heavy atom. The monoisotopic (exact) mass is 371 g/mol. The fourth-order valence-electron chi connectivity index (χ4n) is 2.23. The molecule has 6 heteroatoms. The first-order valence-electron chi connectivity index (χ1n) is 7.35. The molecule has 0 heterocycles. The molecule has 124 valence electrons. The largest absolute Gasteiger partial charge is 0.241 e. The highest BCUT2D eigenvalue weighted by Crippen LogP contribution is 2.19. The van der Waals surface area contributed by atoms with Gasteiger partial charge in [0.2, 0.25) is 10.0 Å². The molecule has 0 aliphatic rings. The Bertz CT molecular complexity index is 728. The molecule has 23 heavy (non-hydrogen) atoms. The van der Waals surface area contributed by atoms with Gasteiger partial charge in [-0.2, -0.15) is 0 Å². The number of halogens is 2. The van der Waals surface area contributed by atoms with Crippen molar-refractivity contribution in [2.24, 2.45) is 0 Å². The minimum Gasteiger partial charge on any atom is -0.207 e. The predicted molar refractivity (Wildman–Crippen MR) is 95.7 cm³/mol. The molecule has 0 aliphatic carbocycles. The number of hydrogen-bond acceptors (Lipinski definition) is 2. The Kier molecular flexibility index (Phi) is 6.48. The van der Waals surface area contributed by atoms with Gasteiger partial charge in [0.1, 0.15) is 0 Å². The summed E-state index contributed by atoms with van der Waals surface area (Å²) in [5.41, 5.74) is 1.94. The molecule has 2 rings (SSSR count). The van der Waals surface area contributed by atoms with E-state index in [1.54, 1.807) is 31.2 Å². The number of rotatable bonds is 7. The molecule has 3 nitrogen and oxygen atoms in total. The smallest absolute Gasteiger partial charge is 0.207 e. The summed E-state index contributed by atoms with van der Waals surface area (Å²) in [5, 5.41) is 0.622. The summed E-state index contributed by atoms with van der Waals surface area (Å²) in [5.74, 6) is 0.597. The lowest BCUT2D eigenvalue weighted by atomic mass is 10.1. The fourth-order valence-corrected chi connectivity index (χ4v) is 3.72. The maximum atomic E-state index is 12.4. The third-order valence-electron chi connectivity index (χ3n) is 3.53. The van der Waals surface area contributed by atoms with Crippen LogP contribution in [-0.4, -0.2) is 14.3 Å². The molecule has 0 fully saturated rings. The van der Waals surface area contributed by atoms with Gasteiger partial charge in [0.15, 0.2) is 0 Å². The number of hydrogen-bond donors (Lipinski definition) is 1. The minimum absolute atomic E-state index is 0.257. The van der Waals surface area contributed by atoms with Crippen LogP contribution in [0.5, 0.6) is 0 Å². The summed E-state index contributed by atoms with van der Waals surface area (Å²) < 4.78 is 27.6. The molecule has 0 saturated carbocycles. The molecular weight excluding hydrogens is 353 g/mol. The average molecular weight is 372 g/mol. The lowest BCUT2D eigenvalue weighted by Crippen LogP contribution is -2.26. The van der Waals surface area contributed by atoms with E-state index in [-0.39, 0.29) is 10.9 Å². The topological polar surface area (TPSA) is 46.2 Å². The maximum absolute atomic E-state index is 12.4. The zero-order chi connectivity index (χ0) is 16.9. The highest BCUT2D eigenvalue weighted by atomic mass is 35.5. The second-order valence-electron chi connectivity index (χ2n) is 5.33. The van der Waals surface area contributed by atoms with Crippen LogP contribution in [0, 0.1) is 0 Å². The van der Waals surface area contributed by atoms with Crippen molar-refractivity contribution in [2.75, 3.05) is 5.88 Å². The number of nitrogens with one attached hydrogen (secondary N) is 1. The van der Waals surface area contributed by atoms with Gasteiger partial charge >= 0.3 is 0 Å². The van der Waals surface area contributed by atoms with Gasteiger partial charge in [0.05, 0.1) is 4.90 Å². The molecule has 2 aromatic carbocycles. The molecule has 1 atom stereocenters. The summed E-state index contributed by atoms with van der Waals surface area (Å²) in [6.45, 7) is 1.80. The molecule has 0 aliphatic heterocycles. The molecule has 0 radical (unpaired) electrons. The normalized spacial score (nSPS) is 13.0. The van der Waals surface area contributed by atoms with Gasteiger partial charge in [-0.05, 0) is 55.2 Å². The van der Waals surface area contributed by atoms with Crippen molar-refractivity contribution in [1.82, 2.24) is 4.72 Å². The number of alkyl halides is 1. The van der Waals surface area contributed by atoms with Crippen LogP contribution in [0.15, 0.2) is 53.4 Å². The first kappa shape index (κ1) is 18.3.